The van der Waals surface area contributed by atoms with Crippen LogP contribution in [-0.2, 0) is 9.59 Å². The molecule has 6 nitrogen and oxygen atoms in total. The first-order valence-electron chi connectivity index (χ1n) is 8.01. The fraction of sp³-hybridized carbons (Fsp3) is 0.471. The maximum absolute atomic E-state index is 12.9. The molecule has 1 saturated heterocycles. The highest BCUT2D eigenvalue weighted by molar-refractivity contribution is 5.94. The van der Waals surface area contributed by atoms with Crippen molar-refractivity contribution in [2.75, 3.05) is 26.2 Å². The van der Waals surface area contributed by atoms with Crippen LogP contribution in [-0.4, -0.2) is 48.8 Å². The van der Waals surface area contributed by atoms with E-state index in [1.165, 1.54) is 31.2 Å². The zero-order valence-electron chi connectivity index (χ0n) is 13.7. The van der Waals surface area contributed by atoms with Gasteiger partial charge in [0.2, 0.25) is 11.8 Å². The van der Waals surface area contributed by atoms with E-state index in [4.69, 9.17) is 0 Å². The molecule has 1 atom stereocenters. The predicted octanol–water partition coefficient (Wildman–Crippen LogP) is 0.930. The van der Waals surface area contributed by atoms with E-state index in [-0.39, 0.29) is 36.0 Å². The van der Waals surface area contributed by atoms with E-state index in [1.807, 2.05) is 0 Å². The second-order valence-corrected chi connectivity index (χ2v) is 5.97. The Labute approximate surface area is 140 Å². The summed E-state index contributed by atoms with van der Waals surface area (Å²) < 4.78 is 12.9. The molecule has 1 aliphatic heterocycles. The lowest BCUT2D eigenvalue weighted by molar-refractivity contribution is -0.134. The minimum Gasteiger partial charge on any atom is -0.352 e. The number of carbonyl (C=O) groups excluding carboxylic acids is 3. The summed E-state index contributed by atoms with van der Waals surface area (Å²) in [5.74, 6) is -0.809. The lowest BCUT2D eigenvalue weighted by Gasteiger charge is -2.33. The van der Waals surface area contributed by atoms with Crippen LogP contribution in [0.25, 0.3) is 0 Å². The van der Waals surface area contributed by atoms with E-state index in [2.05, 4.69) is 10.6 Å². The lowest BCUT2D eigenvalue weighted by atomic mass is 9.97. The number of amides is 3. The highest BCUT2D eigenvalue weighted by atomic mass is 19.1. The first-order valence-corrected chi connectivity index (χ1v) is 8.01. The van der Waals surface area contributed by atoms with Crippen molar-refractivity contribution in [3.8, 4) is 0 Å². The van der Waals surface area contributed by atoms with Gasteiger partial charge in [-0.2, -0.15) is 0 Å². The lowest BCUT2D eigenvalue weighted by Crippen LogP contribution is -2.47. The first-order chi connectivity index (χ1) is 11.5. The molecule has 1 heterocycles. The second-order valence-electron chi connectivity index (χ2n) is 5.97. The van der Waals surface area contributed by atoms with Crippen LogP contribution in [0.2, 0.25) is 0 Å². The molecule has 0 radical (unpaired) electrons. The molecule has 1 aliphatic rings. The van der Waals surface area contributed by atoms with Gasteiger partial charge in [0.25, 0.3) is 5.91 Å². The molecule has 2 rings (SSSR count). The molecule has 3 amide bonds. The van der Waals surface area contributed by atoms with Crippen LogP contribution in [0.15, 0.2) is 24.3 Å². The van der Waals surface area contributed by atoms with Gasteiger partial charge in [-0.25, -0.2) is 4.39 Å². The number of halogens is 1. The summed E-state index contributed by atoms with van der Waals surface area (Å²) in [6, 6.07) is 5.37. The molecule has 0 saturated carbocycles. The Morgan fingerprint density at radius 2 is 1.92 bits per heavy atom. The summed E-state index contributed by atoms with van der Waals surface area (Å²) in [6.45, 7) is 3.06. The van der Waals surface area contributed by atoms with Gasteiger partial charge in [0, 0.05) is 32.1 Å². The summed E-state index contributed by atoms with van der Waals surface area (Å²) in [6.07, 6.45) is 1.79. The monoisotopic (exact) mass is 335 g/mol. The van der Waals surface area contributed by atoms with Crippen LogP contribution >= 0.6 is 0 Å². The number of piperidine rings is 1. The van der Waals surface area contributed by atoms with Gasteiger partial charge in [0.15, 0.2) is 0 Å². The van der Waals surface area contributed by atoms with Gasteiger partial charge < -0.3 is 15.5 Å². The van der Waals surface area contributed by atoms with E-state index >= 15 is 0 Å². The first kappa shape index (κ1) is 17.9. The molecule has 0 unspecified atom stereocenters. The average molecular weight is 335 g/mol. The zero-order valence-corrected chi connectivity index (χ0v) is 13.7. The Balaban J connectivity index is 1.80. The van der Waals surface area contributed by atoms with Crippen LogP contribution in [0.4, 0.5) is 4.39 Å². The topological polar surface area (TPSA) is 78.5 Å². The Kier molecular flexibility index (Phi) is 6.28. The molecule has 0 bridgehead atoms. The molecule has 1 aromatic carbocycles. The third-order valence-electron chi connectivity index (χ3n) is 4.02. The van der Waals surface area contributed by atoms with Gasteiger partial charge >= 0.3 is 0 Å². The number of hydrogen-bond acceptors (Lipinski definition) is 3. The van der Waals surface area contributed by atoms with Crippen LogP contribution in [0, 0.1) is 11.7 Å². The molecule has 24 heavy (non-hydrogen) atoms. The fourth-order valence-corrected chi connectivity index (χ4v) is 2.71. The van der Waals surface area contributed by atoms with Crippen molar-refractivity contribution >= 4 is 17.7 Å². The second kappa shape index (κ2) is 8.42. The summed E-state index contributed by atoms with van der Waals surface area (Å²) >= 11 is 0. The highest BCUT2D eigenvalue weighted by Gasteiger charge is 2.24. The smallest absolute Gasteiger partial charge is 0.251 e. The minimum atomic E-state index is -0.382. The fourth-order valence-electron chi connectivity index (χ4n) is 2.71. The quantitative estimate of drug-likeness (QED) is 0.840. The van der Waals surface area contributed by atoms with Crippen LogP contribution in [0.5, 0.6) is 0 Å². The van der Waals surface area contributed by atoms with E-state index in [0.29, 0.717) is 25.2 Å². The molecule has 0 aromatic heterocycles. The van der Waals surface area contributed by atoms with E-state index in [1.54, 1.807) is 4.90 Å². The molecule has 1 fully saturated rings. The molecule has 7 heteroatoms. The molecular weight excluding hydrogens is 313 g/mol. The normalized spacial score (nSPS) is 17.2. The number of likely N-dealkylation sites (tertiary alicyclic amines) is 1. The highest BCUT2D eigenvalue weighted by Crippen LogP contribution is 2.16. The summed E-state index contributed by atoms with van der Waals surface area (Å²) in [5, 5.41) is 5.33. The van der Waals surface area contributed by atoms with Gasteiger partial charge in [-0.1, -0.05) is 0 Å². The van der Waals surface area contributed by atoms with Crippen molar-refractivity contribution < 1.29 is 18.8 Å². The third-order valence-corrected chi connectivity index (χ3v) is 4.02. The predicted molar refractivity (Wildman–Crippen MR) is 86.7 cm³/mol. The molecule has 0 spiro atoms. The third kappa shape index (κ3) is 5.33. The summed E-state index contributed by atoms with van der Waals surface area (Å²) in [5.41, 5.74) is 0.408. The number of benzene rings is 1. The van der Waals surface area contributed by atoms with Crippen molar-refractivity contribution in [1.82, 2.24) is 15.5 Å². The van der Waals surface area contributed by atoms with Crippen molar-refractivity contribution in [2.45, 2.75) is 19.8 Å². The van der Waals surface area contributed by atoms with Gasteiger partial charge in [-0.05, 0) is 43.0 Å². The Morgan fingerprint density at radius 1 is 1.21 bits per heavy atom. The maximum Gasteiger partial charge on any atom is 0.251 e. The average Bonchev–Trinajstić information content (AvgIpc) is 2.58. The molecule has 130 valence electrons. The number of nitrogens with one attached hydrogen (secondary N) is 2. The Bertz CT molecular complexity index is 604. The van der Waals surface area contributed by atoms with E-state index < -0.39 is 0 Å². The van der Waals surface area contributed by atoms with Crippen LogP contribution in [0.3, 0.4) is 0 Å². The van der Waals surface area contributed by atoms with Crippen molar-refractivity contribution in [2.24, 2.45) is 5.92 Å². The van der Waals surface area contributed by atoms with Gasteiger partial charge in [-0.3, -0.25) is 14.4 Å². The zero-order chi connectivity index (χ0) is 17.5. The van der Waals surface area contributed by atoms with Crippen LogP contribution in [0.1, 0.15) is 30.1 Å². The number of carbonyl (C=O) groups is 3. The summed E-state index contributed by atoms with van der Waals surface area (Å²) in [7, 11) is 0. The summed E-state index contributed by atoms with van der Waals surface area (Å²) in [4.78, 5) is 36.7. The van der Waals surface area contributed by atoms with Gasteiger partial charge in [0.05, 0.1) is 6.54 Å². The minimum absolute atomic E-state index is 0.00396. The van der Waals surface area contributed by atoms with E-state index in [9.17, 15) is 18.8 Å². The maximum atomic E-state index is 12.9. The Morgan fingerprint density at radius 3 is 2.58 bits per heavy atom. The van der Waals surface area contributed by atoms with Gasteiger partial charge in [0.1, 0.15) is 5.82 Å². The number of rotatable bonds is 5. The number of hydrogen-bond donors (Lipinski definition) is 2. The van der Waals surface area contributed by atoms with Gasteiger partial charge in [-0.15, -0.1) is 0 Å². The molecule has 1 aromatic rings. The van der Waals surface area contributed by atoms with E-state index in [0.717, 1.165) is 12.8 Å². The van der Waals surface area contributed by atoms with Crippen molar-refractivity contribution in [3.63, 3.8) is 0 Å². The largest absolute Gasteiger partial charge is 0.352 e. The van der Waals surface area contributed by atoms with Crippen molar-refractivity contribution in [1.29, 1.82) is 0 Å². The van der Waals surface area contributed by atoms with Crippen LogP contribution < -0.4 is 10.6 Å². The SMILES string of the molecule is CC(=O)NCC(=O)N1CCC[C@H](CNC(=O)c2ccc(F)cc2)C1. The van der Waals surface area contributed by atoms with Crippen molar-refractivity contribution in [3.05, 3.63) is 35.6 Å². The molecule has 2 N–H and O–H groups in total. The number of nitrogens with zero attached hydrogens (tertiary/aromatic N) is 1. The molecule has 0 aliphatic carbocycles. The Hall–Kier alpha value is -2.44. The standard InChI is InChI=1S/C17H22FN3O3/c1-12(22)19-10-16(23)21-8-2-3-13(11-21)9-20-17(24)14-4-6-15(18)7-5-14/h4-7,13H,2-3,8-11H2,1H3,(H,19,22)(H,20,24)/t13-/m1/s1. The molecular formula is C17H22FN3O3.